The summed E-state index contributed by atoms with van der Waals surface area (Å²) < 4.78 is 0. The lowest BCUT2D eigenvalue weighted by Crippen LogP contribution is -2.15. The van der Waals surface area contributed by atoms with E-state index in [0.717, 1.165) is 18.4 Å². The number of unbranched alkanes of at least 4 members (excludes halogenated alkanes) is 1. The largest absolute Gasteiger partial charge is 0.396 e. The van der Waals surface area contributed by atoms with Crippen LogP contribution >= 0.6 is 0 Å². The maximum absolute atomic E-state index is 12.2. The molecule has 0 radical (unpaired) electrons. The number of Topliss-reactive ketones (excluding diaryl/α,β-unsaturated/α-hetero) is 2. The third-order valence-electron chi connectivity index (χ3n) is 5.81. The topological polar surface area (TPSA) is 94.8 Å². The zero-order chi connectivity index (χ0) is 23.2. The Morgan fingerprint density at radius 2 is 1.88 bits per heavy atom. The highest BCUT2D eigenvalue weighted by molar-refractivity contribution is 5.89. The first-order chi connectivity index (χ1) is 15.5. The van der Waals surface area contributed by atoms with E-state index in [9.17, 15) is 14.7 Å². The molecular weight excluding hydrogens is 404 g/mol. The van der Waals surface area contributed by atoms with E-state index in [4.69, 9.17) is 10.2 Å². The van der Waals surface area contributed by atoms with Gasteiger partial charge in [0.2, 0.25) is 0 Å². The number of ketones is 2. The highest BCUT2D eigenvalue weighted by Gasteiger charge is 2.24. The molecule has 174 valence electrons. The van der Waals surface area contributed by atoms with Gasteiger partial charge in [-0.1, -0.05) is 60.7 Å². The SMILES string of the molecule is O=C(CCCC=CCC1C(=O)CC=C1C=C[C@@H](O)CCc1ccccc1)CC(CO)CO. The van der Waals surface area contributed by atoms with E-state index in [1.54, 1.807) is 6.08 Å². The molecule has 0 aliphatic heterocycles. The number of hydrogen-bond donors (Lipinski definition) is 3. The predicted molar refractivity (Wildman–Crippen MR) is 126 cm³/mol. The highest BCUT2D eigenvalue weighted by Crippen LogP contribution is 2.27. The van der Waals surface area contributed by atoms with Crippen LogP contribution in [-0.2, 0) is 16.0 Å². The number of carbonyl (C=O) groups excluding carboxylic acids is 2. The monoisotopic (exact) mass is 440 g/mol. The quantitative estimate of drug-likeness (QED) is 0.285. The van der Waals surface area contributed by atoms with Crippen LogP contribution < -0.4 is 0 Å². The van der Waals surface area contributed by atoms with Crippen molar-refractivity contribution >= 4 is 11.6 Å². The summed E-state index contributed by atoms with van der Waals surface area (Å²) in [6.45, 7) is -0.349. The van der Waals surface area contributed by atoms with E-state index < -0.39 is 6.10 Å². The van der Waals surface area contributed by atoms with Crippen molar-refractivity contribution in [2.45, 2.75) is 57.5 Å². The first-order valence-electron chi connectivity index (χ1n) is 11.5. The number of rotatable bonds is 15. The van der Waals surface area contributed by atoms with Crippen LogP contribution in [0, 0.1) is 11.8 Å². The van der Waals surface area contributed by atoms with Gasteiger partial charge in [0.05, 0.1) is 6.10 Å². The molecule has 1 aromatic rings. The van der Waals surface area contributed by atoms with E-state index in [-0.39, 0.29) is 43.0 Å². The zero-order valence-corrected chi connectivity index (χ0v) is 18.7. The van der Waals surface area contributed by atoms with Crippen LogP contribution in [0.5, 0.6) is 0 Å². The van der Waals surface area contributed by atoms with Crippen molar-refractivity contribution in [3.05, 3.63) is 71.8 Å². The molecule has 32 heavy (non-hydrogen) atoms. The van der Waals surface area contributed by atoms with Crippen molar-refractivity contribution in [2.75, 3.05) is 13.2 Å². The molecule has 0 spiro atoms. The summed E-state index contributed by atoms with van der Waals surface area (Å²) in [5, 5.41) is 28.3. The van der Waals surface area contributed by atoms with Gasteiger partial charge in [0.1, 0.15) is 11.6 Å². The molecule has 2 atom stereocenters. The van der Waals surface area contributed by atoms with Gasteiger partial charge in [-0.2, -0.15) is 0 Å². The van der Waals surface area contributed by atoms with Gasteiger partial charge in [0.25, 0.3) is 0 Å². The second-order valence-corrected chi connectivity index (χ2v) is 8.45. The molecule has 1 unspecified atom stereocenters. The van der Waals surface area contributed by atoms with E-state index >= 15 is 0 Å². The molecule has 0 saturated carbocycles. The average molecular weight is 441 g/mol. The first kappa shape index (κ1) is 25.9. The van der Waals surface area contributed by atoms with E-state index in [2.05, 4.69) is 0 Å². The van der Waals surface area contributed by atoms with Crippen molar-refractivity contribution in [1.29, 1.82) is 0 Å². The standard InChI is InChI=1S/C27H36O5/c28-19-22(20-29)18-25(31)10-6-1-2-7-11-26-23(14-17-27(26)32)13-16-24(30)15-12-21-8-4-3-5-9-21/h2-5,7-9,13-14,16,22,24,26,28-30H,1,6,10-12,15,17-20H2/t24-,26?/m0/s1. The number of allylic oxidation sites excluding steroid dienone is 5. The van der Waals surface area contributed by atoms with Gasteiger partial charge in [-0.15, -0.1) is 0 Å². The summed E-state index contributed by atoms with van der Waals surface area (Å²) in [6.07, 6.45) is 13.7. The van der Waals surface area contributed by atoms with Gasteiger partial charge in [0, 0.05) is 44.3 Å². The molecule has 0 heterocycles. The van der Waals surface area contributed by atoms with Gasteiger partial charge in [-0.05, 0) is 43.2 Å². The van der Waals surface area contributed by atoms with Crippen LogP contribution in [-0.4, -0.2) is 46.2 Å². The van der Waals surface area contributed by atoms with Crippen LogP contribution in [0.1, 0.15) is 50.5 Å². The predicted octanol–water partition coefficient (Wildman–Crippen LogP) is 3.73. The van der Waals surface area contributed by atoms with Gasteiger partial charge in [-0.3, -0.25) is 9.59 Å². The van der Waals surface area contributed by atoms with Crippen LogP contribution in [0.15, 0.2) is 66.3 Å². The number of benzene rings is 1. The molecule has 3 N–H and O–H groups in total. The fourth-order valence-corrected chi connectivity index (χ4v) is 3.80. The molecule has 0 aromatic heterocycles. The van der Waals surface area contributed by atoms with Gasteiger partial charge >= 0.3 is 0 Å². The smallest absolute Gasteiger partial charge is 0.144 e. The van der Waals surface area contributed by atoms with Crippen LogP contribution in [0.4, 0.5) is 0 Å². The second-order valence-electron chi connectivity index (χ2n) is 8.45. The Hall–Kier alpha value is -2.34. The molecule has 0 fully saturated rings. The summed E-state index contributed by atoms with van der Waals surface area (Å²) in [7, 11) is 0. The molecule has 0 bridgehead atoms. The summed E-state index contributed by atoms with van der Waals surface area (Å²) in [6, 6.07) is 10.1. The summed E-state index contributed by atoms with van der Waals surface area (Å²) in [5.74, 6) is -0.275. The van der Waals surface area contributed by atoms with Crippen molar-refractivity contribution in [3.8, 4) is 0 Å². The lowest BCUT2D eigenvalue weighted by molar-refractivity contribution is -0.121. The molecule has 1 aliphatic rings. The maximum atomic E-state index is 12.2. The molecular formula is C27H36O5. The van der Waals surface area contributed by atoms with Gasteiger partial charge < -0.3 is 15.3 Å². The van der Waals surface area contributed by atoms with Crippen molar-refractivity contribution in [2.24, 2.45) is 11.8 Å². The minimum Gasteiger partial charge on any atom is -0.396 e. The number of aryl methyl sites for hydroxylation is 1. The first-order valence-corrected chi connectivity index (χ1v) is 11.5. The second kappa shape index (κ2) is 14.7. The van der Waals surface area contributed by atoms with Crippen molar-refractivity contribution < 1.29 is 24.9 Å². The molecule has 5 nitrogen and oxygen atoms in total. The normalized spacial score (nSPS) is 17.6. The third-order valence-corrected chi connectivity index (χ3v) is 5.81. The fourth-order valence-electron chi connectivity index (χ4n) is 3.80. The van der Waals surface area contributed by atoms with Gasteiger partial charge in [0.15, 0.2) is 0 Å². The Labute approximate surface area is 191 Å². The fraction of sp³-hybridized carbons (Fsp3) is 0.481. The number of aliphatic hydroxyl groups excluding tert-OH is 3. The Kier molecular flexibility index (Phi) is 11.9. The number of aliphatic hydroxyl groups is 3. The average Bonchev–Trinajstić information content (AvgIpc) is 3.16. The summed E-state index contributed by atoms with van der Waals surface area (Å²) in [5.41, 5.74) is 2.16. The molecule has 1 aliphatic carbocycles. The maximum Gasteiger partial charge on any atom is 0.144 e. The third kappa shape index (κ3) is 9.43. The van der Waals surface area contributed by atoms with E-state index in [0.29, 0.717) is 32.1 Å². The molecule has 0 saturated heterocycles. The number of hydrogen-bond acceptors (Lipinski definition) is 5. The molecule has 5 heteroatoms. The minimum atomic E-state index is -0.545. The molecule has 0 amide bonds. The lowest BCUT2D eigenvalue weighted by Gasteiger charge is -2.10. The van der Waals surface area contributed by atoms with Crippen LogP contribution in [0.25, 0.3) is 0 Å². The van der Waals surface area contributed by atoms with E-state index in [1.807, 2.05) is 54.6 Å². The van der Waals surface area contributed by atoms with Crippen LogP contribution in [0.2, 0.25) is 0 Å². The Balaban J connectivity index is 1.70. The van der Waals surface area contributed by atoms with Crippen molar-refractivity contribution in [3.63, 3.8) is 0 Å². The Morgan fingerprint density at radius 1 is 1.12 bits per heavy atom. The number of carbonyl (C=O) groups is 2. The minimum absolute atomic E-state index is 0.0543. The Bertz CT molecular complexity index is 790. The zero-order valence-electron chi connectivity index (χ0n) is 18.7. The highest BCUT2D eigenvalue weighted by atomic mass is 16.3. The van der Waals surface area contributed by atoms with Gasteiger partial charge in [-0.25, -0.2) is 0 Å². The van der Waals surface area contributed by atoms with Crippen molar-refractivity contribution in [1.82, 2.24) is 0 Å². The molecule has 2 rings (SSSR count). The summed E-state index contributed by atoms with van der Waals surface area (Å²) >= 11 is 0. The summed E-state index contributed by atoms with van der Waals surface area (Å²) in [4.78, 5) is 24.1. The van der Waals surface area contributed by atoms with E-state index in [1.165, 1.54) is 5.56 Å². The van der Waals surface area contributed by atoms with Crippen LogP contribution in [0.3, 0.4) is 0 Å². The Morgan fingerprint density at radius 3 is 2.59 bits per heavy atom. The lowest BCUT2D eigenvalue weighted by atomic mass is 9.95. The molecule has 1 aromatic carbocycles.